The molecule has 2 bridgehead atoms. The van der Waals surface area contributed by atoms with Crippen molar-refractivity contribution in [2.75, 3.05) is 20.3 Å². The van der Waals surface area contributed by atoms with E-state index in [0.29, 0.717) is 19.8 Å². The maximum absolute atomic E-state index is 6.19. The van der Waals surface area contributed by atoms with E-state index in [1.807, 2.05) is 20.3 Å². The fraction of sp³-hybridized carbons (Fsp3) is 0.435. The summed E-state index contributed by atoms with van der Waals surface area (Å²) in [5.74, 6) is 1.68. The van der Waals surface area contributed by atoms with Crippen molar-refractivity contribution in [3.8, 4) is 22.9 Å². The Bertz CT molecular complexity index is 1250. The molecule has 0 amide bonds. The van der Waals surface area contributed by atoms with Gasteiger partial charge in [0.1, 0.15) is 0 Å². The molecule has 0 saturated carbocycles. The normalized spacial score (nSPS) is 16.7. The molecule has 1 atom stereocenters. The molecule has 0 aliphatic carbocycles. The van der Waals surface area contributed by atoms with Gasteiger partial charge in [0.25, 0.3) is 0 Å². The first kappa shape index (κ1) is 20.6. The first-order valence-electron chi connectivity index (χ1n) is 10.9. The molecule has 1 unspecified atom stereocenters. The van der Waals surface area contributed by atoms with Crippen LogP contribution in [-0.4, -0.2) is 50.1 Å². The number of fused-ring (bicyclic) bond motifs is 4. The van der Waals surface area contributed by atoms with Crippen LogP contribution in [0.15, 0.2) is 24.4 Å². The number of ether oxygens (including phenoxy) is 3. The van der Waals surface area contributed by atoms with Gasteiger partial charge in [0.05, 0.1) is 48.5 Å². The molecule has 32 heavy (non-hydrogen) atoms. The zero-order valence-corrected chi connectivity index (χ0v) is 18.9. The van der Waals surface area contributed by atoms with Crippen molar-refractivity contribution in [2.45, 2.75) is 32.3 Å². The minimum atomic E-state index is 0.149. The van der Waals surface area contributed by atoms with Gasteiger partial charge in [-0.1, -0.05) is 13.0 Å². The molecule has 5 rings (SSSR count). The van der Waals surface area contributed by atoms with Crippen LogP contribution in [0.25, 0.3) is 22.0 Å². The van der Waals surface area contributed by atoms with Crippen LogP contribution < -0.4 is 9.47 Å². The van der Waals surface area contributed by atoms with Gasteiger partial charge in [-0.05, 0) is 24.1 Å². The van der Waals surface area contributed by atoms with Gasteiger partial charge < -0.3 is 14.2 Å². The van der Waals surface area contributed by atoms with Gasteiger partial charge in [0.2, 0.25) is 11.8 Å². The highest BCUT2D eigenvalue weighted by molar-refractivity contribution is 5.87. The maximum Gasteiger partial charge on any atom is 0.219 e. The summed E-state index contributed by atoms with van der Waals surface area (Å²) in [6.45, 7) is 3.68. The SMILES string of the molecule is COCc1nn(C)c2c1CC(C)c1n[nH]c3ccc(cc13)-c1cnn(C)c1OCCCO2. The maximum atomic E-state index is 6.19. The lowest BCUT2D eigenvalue weighted by Crippen LogP contribution is -2.10. The van der Waals surface area contributed by atoms with E-state index in [1.165, 1.54) is 0 Å². The second kappa shape index (κ2) is 8.31. The van der Waals surface area contributed by atoms with E-state index in [9.17, 15) is 0 Å². The van der Waals surface area contributed by atoms with Crippen LogP contribution in [-0.2, 0) is 31.9 Å². The summed E-state index contributed by atoms with van der Waals surface area (Å²) in [6.07, 6.45) is 3.35. The number of benzene rings is 1. The van der Waals surface area contributed by atoms with Crippen LogP contribution in [0.2, 0.25) is 0 Å². The first-order chi connectivity index (χ1) is 15.6. The number of methoxy groups -OCH3 is 1. The molecular formula is C23H28N6O3. The quantitative estimate of drug-likeness (QED) is 0.518. The van der Waals surface area contributed by atoms with E-state index in [0.717, 1.165) is 63.6 Å². The van der Waals surface area contributed by atoms with E-state index in [-0.39, 0.29) is 5.92 Å². The van der Waals surface area contributed by atoms with Crippen molar-refractivity contribution in [3.63, 3.8) is 0 Å². The Morgan fingerprint density at radius 3 is 2.78 bits per heavy atom. The highest BCUT2D eigenvalue weighted by atomic mass is 16.5. The third-order valence-electron chi connectivity index (χ3n) is 5.98. The molecule has 9 nitrogen and oxygen atoms in total. The third-order valence-corrected chi connectivity index (χ3v) is 5.98. The van der Waals surface area contributed by atoms with Crippen LogP contribution in [0.5, 0.6) is 11.8 Å². The summed E-state index contributed by atoms with van der Waals surface area (Å²) in [7, 11) is 5.49. The Labute approximate surface area is 186 Å². The van der Waals surface area contributed by atoms with Crippen molar-refractivity contribution in [1.82, 2.24) is 29.8 Å². The standard InChI is InChI=1S/C23H28N6O3/c1-14-10-17-20(13-30-4)27-29(3)22(17)31-8-5-9-32-23-18(12-24-28(23)2)15-6-7-19-16(11-15)21(14)26-25-19/h6-7,11-12,14H,5,8-10,13H2,1-4H3,(H,25,26). The molecule has 0 spiro atoms. The average molecular weight is 437 g/mol. The fourth-order valence-corrected chi connectivity index (χ4v) is 4.42. The van der Waals surface area contributed by atoms with Crippen molar-refractivity contribution >= 4 is 10.9 Å². The molecular weight excluding hydrogens is 408 g/mol. The number of hydrogen-bond donors (Lipinski definition) is 1. The molecule has 0 radical (unpaired) electrons. The predicted octanol–water partition coefficient (Wildman–Crippen LogP) is 3.35. The Balaban J connectivity index is 1.62. The van der Waals surface area contributed by atoms with Crippen LogP contribution >= 0.6 is 0 Å². The monoisotopic (exact) mass is 436 g/mol. The minimum Gasteiger partial charge on any atom is -0.477 e. The molecule has 1 aromatic carbocycles. The Morgan fingerprint density at radius 2 is 1.97 bits per heavy atom. The second-order valence-electron chi connectivity index (χ2n) is 8.30. The van der Waals surface area contributed by atoms with Crippen molar-refractivity contribution in [3.05, 3.63) is 41.3 Å². The van der Waals surface area contributed by atoms with Gasteiger partial charge in [-0.2, -0.15) is 15.3 Å². The third kappa shape index (κ3) is 3.52. The molecule has 168 valence electrons. The number of rotatable bonds is 2. The molecule has 0 saturated heterocycles. The Kier molecular flexibility index (Phi) is 5.34. The molecule has 1 aliphatic heterocycles. The van der Waals surface area contributed by atoms with Crippen LogP contribution in [0.4, 0.5) is 0 Å². The van der Waals surface area contributed by atoms with Gasteiger partial charge in [-0.3, -0.25) is 5.10 Å². The highest BCUT2D eigenvalue weighted by Gasteiger charge is 2.24. The molecule has 0 fully saturated rings. The van der Waals surface area contributed by atoms with E-state index in [1.54, 1.807) is 16.5 Å². The zero-order valence-electron chi connectivity index (χ0n) is 18.9. The summed E-state index contributed by atoms with van der Waals surface area (Å²) < 4.78 is 21.3. The van der Waals surface area contributed by atoms with E-state index >= 15 is 0 Å². The fourth-order valence-electron chi connectivity index (χ4n) is 4.42. The number of aromatic amines is 1. The van der Waals surface area contributed by atoms with Crippen LogP contribution in [0.3, 0.4) is 0 Å². The number of aromatic nitrogens is 6. The molecule has 1 aliphatic rings. The lowest BCUT2D eigenvalue weighted by molar-refractivity contribution is 0.180. The number of H-pyrrole nitrogens is 1. The van der Waals surface area contributed by atoms with Crippen LogP contribution in [0, 0.1) is 0 Å². The molecule has 1 N–H and O–H groups in total. The van der Waals surface area contributed by atoms with Gasteiger partial charge in [-0.15, -0.1) is 0 Å². The number of hydrogen-bond acceptors (Lipinski definition) is 6. The summed E-state index contributed by atoms with van der Waals surface area (Å²) >= 11 is 0. The number of nitrogens with zero attached hydrogens (tertiary/aromatic N) is 5. The van der Waals surface area contributed by atoms with Crippen molar-refractivity contribution in [2.24, 2.45) is 14.1 Å². The molecule has 9 heteroatoms. The van der Waals surface area contributed by atoms with E-state index in [2.05, 4.69) is 45.5 Å². The second-order valence-corrected chi connectivity index (χ2v) is 8.30. The minimum absolute atomic E-state index is 0.149. The molecule has 4 aromatic rings. The lowest BCUT2D eigenvalue weighted by atomic mass is 9.94. The van der Waals surface area contributed by atoms with Gasteiger partial charge in [0.15, 0.2) is 0 Å². The van der Waals surface area contributed by atoms with E-state index < -0.39 is 0 Å². The first-order valence-corrected chi connectivity index (χ1v) is 10.9. The van der Waals surface area contributed by atoms with Crippen molar-refractivity contribution in [1.29, 1.82) is 0 Å². The largest absolute Gasteiger partial charge is 0.477 e. The van der Waals surface area contributed by atoms with Crippen LogP contribution in [0.1, 0.15) is 36.2 Å². The summed E-state index contributed by atoms with van der Waals surface area (Å²) in [5, 5.41) is 18.0. The lowest BCUT2D eigenvalue weighted by Gasteiger charge is -2.13. The number of nitrogens with one attached hydrogen (secondary N) is 1. The van der Waals surface area contributed by atoms with Gasteiger partial charge in [-0.25, -0.2) is 9.36 Å². The Hall–Kier alpha value is -3.33. The van der Waals surface area contributed by atoms with Gasteiger partial charge in [0, 0.05) is 44.5 Å². The molecule has 4 heterocycles. The number of aryl methyl sites for hydroxylation is 2. The summed E-state index contributed by atoms with van der Waals surface area (Å²) in [5.41, 5.74) is 6.02. The summed E-state index contributed by atoms with van der Waals surface area (Å²) in [6, 6.07) is 6.32. The topological polar surface area (TPSA) is 92.0 Å². The average Bonchev–Trinajstić information content (AvgIpc) is 3.44. The highest BCUT2D eigenvalue weighted by Crippen LogP contribution is 2.36. The Morgan fingerprint density at radius 1 is 1.16 bits per heavy atom. The summed E-state index contributed by atoms with van der Waals surface area (Å²) in [4.78, 5) is 0. The van der Waals surface area contributed by atoms with Gasteiger partial charge >= 0.3 is 0 Å². The van der Waals surface area contributed by atoms with Crippen molar-refractivity contribution < 1.29 is 14.2 Å². The molecule has 3 aromatic heterocycles. The predicted molar refractivity (Wildman–Crippen MR) is 120 cm³/mol. The zero-order chi connectivity index (χ0) is 22.2. The smallest absolute Gasteiger partial charge is 0.219 e. The van der Waals surface area contributed by atoms with E-state index in [4.69, 9.17) is 14.2 Å².